The van der Waals surface area contributed by atoms with E-state index in [1.807, 2.05) is 0 Å². The van der Waals surface area contributed by atoms with Crippen LogP contribution < -0.4 is 5.11 Å². The predicted octanol–water partition coefficient (Wildman–Crippen LogP) is 0.526. The van der Waals surface area contributed by atoms with E-state index in [2.05, 4.69) is 0 Å². The highest BCUT2D eigenvalue weighted by Gasteiger charge is 2.31. The van der Waals surface area contributed by atoms with Crippen molar-refractivity contribution in [3.63, 3.8) is 0 Å². The number of ether oxygens (including phenoxy) is 1. The molecule has 0 saturated carbocycles. The smallest absolute Gasteiger partial charge is 0.410 e. The van der Waals surface area contributed by atoms with Gasteiger partial charge in [0.15, 0.2) is 0 Å². The van der Waals surface area contributed by atoms with Crippen molar-refractivity contribution in [1.29, 1.82) is 0 Å². The van der Waals surface area contributed by atoms with Gasteiger partial charge in [-0.1, -0.05) is 0 Å². The topological polar surface area (TPSA) is 69.7 Å². The van der Waals surface area contributed by atoms with Crippen molar-refractivity contribution in [2.24, 2.45) is 0 Å². The van der Waals surface area contributed by atoms with E-state index in [0.717, 1.165) is 6.42 Å². The number of likely N-dealkylation sites (tertiary alicyclic amines) is 1. The zero-order valence-corrected chi connectivity index (χ0v) is 9.99. The number of hydrogen-bond donors (Lipinski definition) is 0. The van der Waals surface area contributed by atoms with E-state index in [4.69, 9.17) is 4.74 Å². The normalized spacial score (nSPS) is 20.9. The van der Waals surface area contributed by atoms with E-state index in [9.17, 15) is 14.7 Å². The number of amides is 1. The second-order valence-electron chi connectivity index (χ2n) is 5.05. The van der Waals surface area contributed by atoms with Crippen LogP contribution in [0, 0.1) is 0 Å². The van der Waals surface area contributed by atoms with Crippen molar-refractivity contribution >= 4 is 12.1 Å². The Balaban J connectivity index is 2.57. The van der Waals surface area contributed by atoms with Gasteiger partial charge in [-0.05, 0) is 33.6 Å². The van der Waals surface area contributed by atoms with Gasteiger partial charge in [-0.2, -0.15) is 0 Å². The molecular formula is C11H18NO4-. The molecule has 5 heteroatoms. The second-order valence-corrected chi connectivity index (χ2v) is 5.05. The molecule has 0 N–H and O–H groups in total. The highest BCUT2D eigenvalue weighted by atomic mass is 16.6. The molecule has 1 saturated heterocycles. The molecule has 1 amide bonds. The summed E-state index contributed by atoms with van der Waals surface area (Å²) in [7, 11) is 0. The summed E-state index contributed by atoms with van der Waals surface area (Å²) in [5.41, 5.74) is -0.550. The maximum Gasteiger partial charge on any atom is 0.410 e. The SMILES string of the molecule is CC(C)(C)OC(=O)N1CCC[C@H]1CC(=O)[O-]. The number of nitrogens with zero attached hydrogens (tertiary/aromatic N) is 1. The molecule has 1 rings (SSSR count). The van der Waals surface area contributed by atoms with Crippen molar-refractivity contribution in [1.82, 2.24) is 4.90 Å². The van der Waals surface area contributed by atoms with Crippen LogP contribution in [0.1, 0.15) is 40.0 Å². The lowest BCUT2D eigenvalue weighted by atomic mass is 10.1. The molecule has 16 heavy (non-hydrogen) atoms. The molecule has 0 radical (unpaired) electrons. The van der Waals surface area contributed by atoms with Crippen LogP contribution in [0.15, 0.2) is 0 Å². The summed E-state index contributed by atoms with van der Waals surface area (Å²) in [5.74, 6) is -1.12. The van der Waals surface area contributed by atoms with Gasteiger partial charge in [0.05, 0.1) is 0 Å². The largest absolute Gasteiger partial charge is 0.550 e. The molecule has 5 nitrogen and oxygen atoms in total. The molecule has 1 heterocycles. The fraction of sp³-hybridized carbons (Fsp3) is 0.818. The van der Waals surface area contributed by atoms with Crippen LogP contribution in [0.25, 0.3) is 0 Å². The van der Waals surface area contributed by atoms with Gasteiger partial charge in [0.25, 0.3) is 0 Å². The first-order valence-corrected chi connectivity index (χ1v) is 5.49. The van der Waals surface area contributed by atoms with Gasteiger partial charge >= 0.3 is 6.09 Å². The van der Waals surface area contributed by atoms with Crippen LogP contribution in [0.5, 0.6) is 0 Å². The number of carboxylic acids is 1. The molecule has 0 spiro atoms. The quantitative estimate of drug-likeness (QED) is 0.691. The molecular weight excluding hydrogens is 210 g/mol. The Morgan fingerprint density at radius 2 is 2.06 bits per heavy atom. The van der Waals surface area contributed by atoms with Crippen LogP contribution in [0.3, 0.4) is 0 Å². The van der Waals surface area contributed by atoms with Crippen LogP contribution in [0.4, 0.5) is 4.79 Å². The number of carboxylic acid groups (broad SMARTS) is 1. The van der Waals surface area contributed by atoms with E-state index in [-0.39, 0.29) is 12.5 Å². The Labute approximate surface area is 95.4 Å². The Hall–Kier alpha value is -1.26. The third-order valence-corrected chi connectivity index (χ3v) is 2.41. The van der Waals surface area contributed by atoms with E-state index < -0.39 is 17.7 Å². The van der Waals surface area contributed by atoms with E-state index in [1.54, 1.807) is 20.8 Å². The third kappa shape index (κ3) is 3.72. The van der Waals surface area contributed by atoms with Crippen LogP contribution in [-0.4, -0.2) is 35.2 Å². The lowest BCUT2D eigenvalue weighted by Gasteiger charge is -2.28. The number of carbonyl (C=O) groups is 2. The fourth-order valence-electron chi connectivity index (χ4n) is 1.80. The molecule has 1 atom stereocenters. The Bertz CT molecular complexity index is 282. The van der Waals surface area contributed by atoms with Crippen molar-refractivity contribution in [2.45, 2.75) is 51.7 Å². The van der Waals surface area contributed by atoms with Gasteiger partial charge in [-0.3, -0.25) is 0 Å². The minimum absolute atomic E-state index is 0.112. The van der Waals surface area contributed by atoms with Crippen LogP contribution in [0.2, 0.25) is 0 Å². The first-order valence-electron chi connectivity index (χ1n) is 5.49. The lowest BCUT2D eigenvalue weighted by Crippen LogP contribution is -2.42. The minimum atomic E-state index is -1.12. The summed E-state index contributed by atoms with van der Waals surface area (Å²) in [4.78, 5) is 23.7. The van der Waals surface area contributed by atoms with Crippen LogP contribution in [-0.2, 0) is 9.53 Å². The molecule has 1 fully saturated rings. The van der Waals surface area contributed by atoms with Gasteiger partial charge in [-0.25, -0.2) is 4.79 Å². The first kappa shape index (κ1) is 12.8. The maximum absolute atomic E-state index is 11.7. The number of carbonyl (C=O) groups excluding carboxylic acids is 2. The predicted molar refractivity (Wildman–Crippen MR) is 55.6 cm³/mol. The van der Waals surface area contributed by atoms with Gasteiger partial charge < -0.3 is 19.5 Å². The summed E-state index contributed by atoms with van der Waals surface area (Å²) in [6, 6.07) is -0.278. The van der Waals surface area contributed by atoms with Crippen molar-refractivity contribution in [3.8, 4) is 0 Å². The molecule has 1 aliphatic heterocycles. The molecule has 1 aliphatic rings. The van der Waals surface area contributed by atoms with E-state index in [1.165, 1.54) is 4.90 Å². The first-order chi connectivity index (χ1) is 7.29. The van der Waals surface area contributed by atoms with Gasteiger partial charge in [-0.15, -0.1) is 0 Å². The second kappa shape index (κ2) is 4.72. The average molecular weight is 228 g/mol. The van der Waals surface area contributed by atoms with Crippen molar-refractivity contribution < 1.29 is 19.4 Å². The zero-order chi connectivity index (χ0) is 12.3. The lowest BCUT2D eigenvalue weighted by molar-refractivity contribution is -0.306. The molecule has 0 aliphatic carbocycles. The van der Waals surface area contributed by atoms with E-state index >= 15 is 0 Å². The van der Waals surface area contributed by atoms with E-state index in [0.29, 0.717) is 13.0 Å². The van der Waals surface area contributed by atoms with Crippen molar-refractivity contribution in [3.05, 3.63) is 0 Å². The van der Waals surface area contributed by atoms with Crippen molar-refractivity contribution in [2.75, 3.05) is 6.54 Å². The summed E-state index contributed by atoms with van der Waals surface area (Å²) < 4.78 is 5.21. The minimum Gasteiger partial charge on any atom is -0.550 e. The summed E-state index contributed by atoms with van der Waals surface area (Å²) in [5, 5.41) is 10.5. The monoisotopic (exact) mass is 228 g/mol. The summed E-state index contributed by atoms with van der Waals surface area (Å²) in [6.45, 7) is 5.92. The average Bonchev–Trinajstić information content (AvgIpc) is 2.47. The maximum atomic E-state index is 11.7. The van der Waals surface area contributed by atoms with Crippen LogP contribution >= 0.6 is 0 Å². The number of aliphatic carboxylic acids is 1. The Kier molecular flexibility index (Phi) is 3.78. The molecule has 0 aromatic heterocycles. The summed E-state index contributed by atoms with van der Waals surface area (Å²) >= 11 is 0. The standard InChI is InChI=1S/C11H19NO4/c1-11(2,3)16-10(15)12-6-4-5-8(12)7-9(13)14/h8H,4-7H2,1-3H3,(H,13,14)/p-1/t8-/m0/s1. The number of hydrogen-bond acceptors (Lipinski definition) is 4. The molecule has 0 bridgehead atoms. The highest BCUT2D eigenvalue weighted by Crippen LogP contribution is 2.22. The molecule has 0 aromatic carbocycles. The van der Waals surface area contributed by atoms with Gasteiger partial charge in [0, 0.05) is 25.0 Å². The Morgan fingerprint density at radius 3 is 2.56 bits per heavy atom. The summed E-state index contributed by atoms with van der Waals surface area (Å²) in [6.07, 6.45) is 0.972. The van der Waals surface area contributed by atoms with Gasteiger partial charge in [0.2, 0.25) is 0 Å². The number of rotatable bonds is 2. The Morgan fingerprint density at radius 1 is 1.44 bits per heavy atom. The molecule has 0 aromatic rings. The fourth-order valence-corrected chi connectivity index (χ4v) is 1.80. The third-order valence-electron chi connectivity index (χ3n) is 2.41. The molecule has 92 valence electrons. The van der Waals surface area contributed by atoms with Gasteiger partial charge in [0.1, 0.15) is 5.60 Å². The highest BCUT2D eigenvalue weighted by molar-refractivity contribution is 5.71. The molecule has 0 unspecified atom stereocenters. The zero-order valence-electron chi connectivity index (χ0n) is 9.99.